The van der Waals surface area contributed by atoms with Crippen LogP contribution in [0.3, 0.4) is 0 Å². The Kier molecular flexibility index (Phi) is 11.3. The van der Waals surface area contributed by atoms with Gasteiger partial charge in [0, 0.05) is 29.2 Å². The lowest BCUT2D eigenvalue weighted by molar-refractivity contribution is -0.139. The monoisotopic (exact) mass is 621 g/mol. The first kappa shape index (κ1) is 32.0. The first-order chi connectivity index (χ1) is 19.5. The number of amides is 2. The van der Waals surface area contributed by atoms with Gasteiger partial charge in [-0.3, -0.25) is 13.9 Å². The topological polar surface area (TPSA) is 105 Å². The molecule has 1 N–H and O–H groups in total. The van der Waals surface area contributed by atoms with Crippen LogP contribution < -0.4 is 19.1 Å². The summed E-state index contributed by atoms with van der Waals surface area (Å²) in [5.74, 6) is -0.459. The number of carbonyl (C=O) groups is 2. The number of hydrogen-bond acceptors (Lipinski definition) is 6. The van der Waals surface area contributed by atoms with Crippen LogP contribution in [0.25, 0.3) is 0 Å². The molecule has 0 aliphatic heterocycles. The molecule has 12 heteroatoms. The summed E-state index contributed by atoms with van der Waals surface area (Å²) in [5.41, 5.74) is 0.632. The number of ether oxygens (including phenoxy) is 2. The van der Waals surface area contributed by atoms with Gasteiger partial charge in [0.15, 0.2) is 0 Å². The van der Waals surface area contributed by atoms with E-state index < -0.39 is 28.5 Å². The Labute approximate surface area is 251 Å². The van der Waals surface area contributed by atoms with Crippen molar-refractivity contribution in [3.8, 4) is 11.5 Å². The van der Waals surface area contributed by atoms with Crippen molar-refractivity contribution < 1.29 is 27.5 Å². The fraction of sp³-hybridized carbons (Fsp3) is 0.310. The van der Waals surface area contributed by atoms with Crippen molar-refractivity contribution in [2.75, 3.05) is 31.6 Å². The van der Waals surface area contributed by atoms with Crippen LogP contribution in [-0.4, -0.2) is 58.5 Å². The number of carbonyl (C=O) groups excluding carboxylic acids is 2. The van der Waals surface area contributed by atoms with Gasteiger partial charge < -0.3 is 19.7 Å². The summed E-state index contributed by atoms with van der Waals surface area (Å²) in [6, 6.07) is 16.3. The van der Waals surface area contributed by atoms with E-state index in [4.69, 9.17) is 32.7 Å². The Morgan fingerprint density at radius 3 is 2.29 bits per heavy atom. The number of hydrogen-bond donors (Lipinski definition) is 1. The summed E-state index contributed by atoms with van der Waals surface area (Å²) >= 11 is 12.5. The van der Waals surface area contributed by atoms with Crippen molar-refractivity contribution in [1.29, 1.82) is 0 Å². The lowest BCUT2D eigenvalue weighted by atomic mass is 10.1. The van der Waals surface area contributed by atoms with Gasteiger partial charge in [0.25, 0.3) is 10.0 Å². The molecule has 3 aromatic rings. The van der Waals surface area contributed by atoms with Gasteiger partial charge in [0.05, 0.1) is 24.8 Å². The molecule has 0 bridgehead atoms. The van der Waals surface area contributed by atoms with Crippen molar-refractivity contribution in [3.63, 3.8) is 0 Å². The van der Waals surface area contributed by atoms with Crippen molar-refractivity contribution in [1.82, 2.24) is 10.2 Å². The van der Waals surface area contributed by atoms with Crippen LogP contribution in [-0.2, 0) is 26.2 Å². The van der Waals surface area contributed by atoms with Gasteiger partial charge in [-0.1, -0.05) is 54.4 Å². The number of methoxy groups -OCH3 is 2. The van der Waals surface area contributed by atoms with Gasteiger partial charge in [-0.2, -0.15) is 0 Å². The first-order valence-corrected chi connectivity index (χ1v) is 15.0. The van der Waals surface area contributed by atoms with Gasteiger partial charge in [0.2, 0.25) is 11.8 Å². The Morgan fingerprint density at radius 1 is 0.976 bits per heavy atom. The summed E-state index contributed by atoms with van der Waals surface area (Å²) < 4.78 is 39.8. The number of nitrogens with zero attached hydrogens (tertiary/aromatic N) is 2. The van der Waals surface area contributed by atoms with Gasteiger partial charge in [-0.15, -0.1) is 0 Å². The highest BCUT2D eigenvalue weighted by molar-refractivity contribution is 7.92. The third-order valence-electron chi connectivity index (χ3n) is 6.34. The van der Waals surface area contributed by atoms with Crippen LogP contribution in [0.4, 0.5) is 5.69 Å². The van der Waals surface area contributed by atoms with E-state index in [2.05, 4.69) is 5.32 Å². The molecule has 0 heterocycles. The van der Waals surface area contributed by atoms with E-state index in [1.807, 2.05) is 6.92 Å². The molecule has 9 nitrogen and oxygen atoms in total. The number of benzene rings is 3. The van der Waals surface area contributed by atoms with E-state index in [0.717, 1.165) is 4.31 Å². The molecule has 2 amide bonds. The molecule has 0 radical (unpaired) electrons. The second-order valence-corrected chi connectivity index (χ2v) is 11.8. The Hall–Kier alpha value is -3.47. The van der Waals surface area contributed by atoms with Crippen molar-refractivity contribution in [2.24, 2.45) is 0 Å². The zero-order valence-corrected chi connectivity index (χ0v) is 25.6. The average molecular weight is 623 g/mol. The fourth-order valence-electron chi connectivity index (χ4n) is 4.04. The molecule has 0 aliphatic rings. The predicted molar refractivity (Wildman–Crippen MR) is 160 cm³/mol. The standard InChI is InChI=1S/C29H33Cl2N3O6S/c1-5-15-32-29(36)20(2)33(18-21-11-12-22(30)16-25(21)31)28(35)19-34(41(37,38)24-9-7-6-8-10-24)26-17-23(39-3)13-14-27(26)40-4/h6-14,16-17,20H,5,15,18-19H2,1-4H3,(H,32,36)/t20-/m0/s1. The van der Waals surface area contributed by atoms with E-state index in [1.54, 1.807) is 49.4 Å². The molecule has 0 fully saturated rings. The second-order valence-electron chi connectivity index (χ2n) is 9.09. The Balaban J connectivity index is 2.12. The minimum absolute atomic E-state index is 0.0290. The Morgan fingerprint density at radius 2 is 1.68 bits per heavy atom. The zero-order valence-electron chi connectivity index (χ0n) is 23.3. The van der Waals surface area contributed by atoms with Crippen LogP contribution in [0.15, 0.2) is 71.6 Å². The molecule has 0 saturated heterocycles. The van der Waals surface area contributed by atoms with E-state index >= 15 is 0 Å². The molecular weight excluding hydrogens is 589 g/mol. The van der Waals surface area contributed by atoms with E-state index in [-0.39, 0.29) is 28.8 Å². The quantitative estimate of drug-likeness (QED) is 0.283. The SMILES string of the molecule is CCCNC(=O)[C@H](C)N(Cc1ccc(Cl)cc1Cl)C(=O)CN(c1cc(OC)ccc1OC)S(=O)(=O)c1ccccc1. The summed E-state index contributed by atoms with van der Waals surface area (Å²) in [4.78, 5) is 28.3. The minimum Gasteiger partial charge on any atom is -0.497 e. The molecule has 1 atom stereocenters. The Bertz CT molecular complexity index is 1470. The number of nitrogens with one attached hydrogen (secondary N) is 1. The van der Waals surface area contributed by atoms with Gasteiger partial charge >= 0.3 is 0 Å². The number of anilines is 1. The number of halogens is 2. The maximum atomic E-state index is 14.1. The lowest BCUT2D eigenvalue weighted by Crippen LogP contribution is -2.51. The smallest absolute Gasteiger partial charge is 0.264 e. The van der Waals surface area contributed by atoms with Crippen LogP contribution in [0.2, 0.25) is 10.0 Å². The third kappa shape index (κ3) is 7.84. The molecular formula is C29H33Cl2N3O6S. The molecule has 0 spiro atoms. The lowest BCUT2D eigenvalue weighted by Gasteiger charge is -2.32. The van der Waals surface area contributed by atoms with Crippen molar-refractivity contribution >= 4 is 50.7 Å². The van der Waals surface area contributed by atoms with E-state index in [0.29, 0.717) is 34.3 Å². The highest BCUT2D eigenvalue weighted by Gasteiger charge is 2.34. The largest absolute Gasteiger partial charge is 0.497 e. The molecule has 0 saturated carbocycles. The van der Waals surface area contributed by atoms with E-state index in [9.17, 15) is 18.0 Å². The van der Waals surface area contributed by atoms with Gasteiger partial charge in [-0.05, 0) is 55.3 Å². The highest BCUT2D eigenvalue weighted by Crippen LogP contribution is 2.36. The first-order valence-electron chi connectivity index (χ1n) is 12.8. The van der Waals surface area contributed by atoms with Crippen LogP contribution in [0.5, 0.6) is 11.5 Å². The minimum atomic E-state index is -4.28. The molecule has 3 rings (SSSR count). The van der Waals surface area contributed by atoms with Crippen LogP contribution in [0, 0.1) is 0 Å². The van der Waals surface area contributed by atoms with Crippen LogP contribution in [0.1, 0.15) is 25.8 Å². The maximum Gasteiger partial charge on any atom is 0.264 e. The third-order valence-corrected chi connectivity index (χ3v) is 8.70. The molecule has 3 aromatic carbocycles. The molecule has 220 valence electrons. The average Bonchev–Trinajstić information content (AvgIpc) is 2.97. The normalized spacial score (nSPS) is 11.9. The summed E-state index contributed by atoms with van der Waals surface area (Å²) in [5, 5.41) is 3.51. The molecule has 0 aromatic heterocycles. The summed E-state index contributed by atoms with van der Waals surface area (Å²) in [7, 11) is -1.44. The molecule has 41 heavy (non-hydrogen) atoms. The zero-order chi connectivity index (χ0) is 30.2. The summed E-state index contributed by atoms with van der Waals surface area (Å²) in [6.45, 7) is 3.20. The summed E-state index contributed by atoms with van der Waals surface area (Å²) in [6.07, 6.45) is 0.703. The number of rotatable bonds is 13. The molecule has 0 aliphatic carbocycles. The fourth-order valence-corrected chi connectivity index (χ4v) is 5.94. The van der Waals surface area contributed by atoms with Gasteiger partial charge in [0.1, 0.15) is 24.1 Å². The maximum absolute atomic E-state index is 14.1. The van der Waals surface area contributed by atoms with Gasteiger partial charge in [-0.25, -0.2) is 8.42 Å². The highest BCUT2D eigenvalue weighted by atomic mass is 35.5. The number of sulfonamides is 1. The second kappa shape index (κ2) is 14.4. The van der Waals surface area contributed by atoms with Crippen molar-refractivity contribution in [2.45, 2.75) is 37.8 Å². The van der Waals surface area contributed by atoms with Crippen molar-refractivity contribution in [3.05, 3.63) is 82.3 Å². The van der Waals surface area contributed by atoms with Crippen LogP contribution >= 0.6 is 23.2 Å². The predicted octanol–water partition coefficient (Wildman–Crippen LogP) is 5.15. The molecule has 0 unspecified atom stereocenters. The van der Waals surface area contributed by atoms with E-state index in [1.165, 1.54) is 43.4 Å².